The van der Waals surface area contributed by atoms with E-state index in [2.05, 4.69) is 0 Å². The molecule has 0 bridgehead atoms. The second kappa shape index (κ2) is 3.72. The first kappa shape index (κ1) is 8.76. The van der Waals surface area contributed by atoms with Gasteiger partial charge in [-0.1, -0.05) is 0 Å². The van der Waals surface area contributed by atoms with Crippen LogP contribution in [-0.2, 0) is 0 Å². The Kier molecular flexibility index (Phi) is 4.07. The Morgan fingerprint density at radius 3 is 2.12 bits per heavy atom. The molecule has 0 unspecified atom stereocenters. The quantitative estimate of drug-likeness (QED) is 0.510. The molecule has 0 aliphatic rings. The predicted octanol–water partition coefficient (Wildman–Crippen LogP) is 1.92. The highest BCUT2D eigenvalue weighted by Crippen LogP contribution is 2.20. The number of aliphatic hydroxyl groups is 1. The van der Waals surface area contributed by atoms with Crippen LogP contribution in [0.15, 0.2) is 0 Å². The highest BCUT2D eigenvalue weighted by atomic mass is 35.7. The van der Waals surface area contributed by atoms with Gasteiger partial charge in [0.1, 0.15) is 0 Å². The SMILES string of the molecule is C[Si](Cl)(Cl)CCCO. The zero-order valence-corrected chi connectivity index (χ0v) is 7.34. The van der Waals surface area contributed by atoms with Crippen LogP contribution in [0.5, 0.6) is 0 Å². The van der Waals surface area contributed by atoms with E-state index in [0.29, 0.717) is 0 Å². The van der Waals surface area contributed by atoms with Gasteiger partial charge in [-0.2, -0.15) is 0 Å². The van der Waals surface area contributed by atoms with Gasteiger partial charge in [0.15, 0.2) is 0 Å². The summed E-state index contributed by atoms with van der Waals surface area (Å²) in [6, 6.07) is 0.784. The summed E-state index contributed by atoms with van der Waals surface area (Å²) in [7, 11) is 0. The van der Waals surface area contributed by atoms with Crippen LogP contribution in [0.2, 0.25) is 12.6 Å². The van der Waals surface area contributed by atoms with Gasteiger partial charge in [-0.3, -0.25) is 0 Å². The van der Waals surface area contributed by atoms with Crippen molar-refractivity contribution in [1.82, 2.24) is 0 Å². The zero-order valence-electron chi connectivity index (χ0n) is 4.82. The molecule has 50 valence electrons. The second-order valence-electron chi connectivity index (χ2n) is 1.90. The van der Waals surface area contributed by atoms with Gasteiger partial charge in [-0.15, -0.1) is 22.2 Å². The summed E-state index contributed by atoms with van der Waals surface area (Å²) >= 11 is 11.4. The molecule has 0 aliphatic heterocycles. The second-order valence-corrected chi connectivity index (χ2v) is 10.1. The Labute approximate surface area is 60.0 Å². The summed E-state index contributed by atoms with van der Waals surface area (Å²) in [6.07, 6.45) is 0.732. The maximum Gasteiger partial charge on any atom is 0.248 e. The summed E-state index contributed by atoms with van der Waals surface area (Å²) in [4.78, 5) is 0. The van der Waals surface area contributed by atoms with Gasteiger partial charge < -0.3 is 5.11 Å². The number of aliphatic hydroxyl groups excluding tert-OH is 1. The molecule has 0 heterocycles. The number of hydrogen-bond donors (Lipinski definition) is 1. The summed E-state index contributed by atoms with van der Waals surface area (Å²) in [5, 5.41) is 8.33. The lowest BCUT2D eigenvalue weighted by atomic mass is 10.5. The van der Waals surface area contributed by atoms with E-state index in [0.717, 1.165) is 12.5 Å². The highest BCUT2D eigenvalue weighted by Gasteiger charge is 2.18. The number of rotatable bonds is 3. The molecule has 1 N–H and O–H groups in total. The molecule has 0 rings (SSSR count). The van der Waals surface area contributed by atoms with Gasteiger partial charge in [0.2, 0.25) is 6.69 Å². The van der Waals surface area contributed by atoms with E-state index in [4.69, 9.17) is 27.3 Å². The van der Waals surface area contributed by atoms with E-state index in [1.165, 1.54) is 0 Å². The van der Waals surface area contributed by atoms with Crippen molar-refractivity contribution >= 4 is 28.9 Å². The molecular weight excluding hydrogens is 163 g/mol. The minimum Gasteiger partial charge on any atom is -0.396 e. The average molecular weight is 173 g/mol. The maximum atomic E-state index is 8.33. The van der Waals surface area contributed by atoms with E-state index in [9.17, 15) is 0 Å². The van der Waals surface area contributed by atoms with E-state index >= 15 is 0 Å². The van der Waals surface area contributed by atoms with Crippen LogP contribution in [0.25, 0.3) is 0 Å². The largest absolute Gasteiger partial charge is 0.396 e. The van der Waals surface area contributed by atoms with Crippen molar-refractivity contribution in [2.45, 2.75) is 19.0 Å². The molecule has 0 aromatic carbocycles. The Morgan fingerprint density at radius 2 is 2.00 bits per heavy atom. The minimum absolute atomic E-state index is 0.196. The Morgan fingerprint density at radius 1 is 1.50 bits per heavy atom. The molecule has 8 heavy (non-hydrogen) atoms. The van der Waals surface area contributed by atoms with Gasteiger partial charge >= 0.3 is 0 Å². The molecule has 0 aromatic heterocycles. The Bertz CT molecular complexity index is 61.5. The molecule has 0 aliphatic carbocycles. The summed E-state index contributed by atoms with van der Waals surface area (Å²) in [6.45, 7) is 0.156. The van der Waals surface area contributed by atoms with Crippen molar-refractivity contribution in [2.24, 2.45) is 0 Å². The van der Waals surface area contributed by atoms with Crippen molar-refractivity contribution in [3.05, 3.63) is 0 Å². The van der Waals surface area contributed by atoms with Gasteiger partial charge in [0.05, 0.1) is 0 Å². The van der Waals surface area contributed by atoms with Crippen LogP contribution in [0.1, 0.15) is 6.42 Å². The van der Waals surface area contributed by atoms with Crippen LogP contribution in [0, 0.1) is 0 Å². The molecule has 0 amide bonds. The molecule has 0 fully saturated rings. The fourth-order valence-corrected chi connectivity index (χ4v) is 1.97. The zero-order chi connectivity index (χ0) is 6.62. The molecule has 0 saturated heterocycles. The standard InChI is InChI=1S/C4H10Cl2OSi/c1-8(5,6)4-2-3-7/h7H,2-4H2,1H3. The first-order chi connectivity index (χ1) is 3.56. The monoisotopic (exact) mass is 172 g/mol. The third-order valence-electron chi connectivity index (χ3n) is 0.774. The summed E-state index contributed by atoms with van der Waals surface area (Å²) in [5.74, 6) is 0. The first-order valence-corrected chi connectivity index (χ1v) is 7.28. The van der Waals surface area contributed by atoms with E-state index < -0.39 is 6.69 Å². The Hall–Kier alpha value is 0.757. The Balaban J connectivity index is 3.11. The van der Waals surface area contributed by atoms with Crippen molar-refractivity contribution in [1.29, 1.82) is 0 Å². The van der Waals surface area contributed by atoms with Crippen molar-refractivity contribution < 1.29 is 5.11 Å². The molecule has 0 aromatic rings. The van der Waals surface area contributed by atoms with Gasteiger partial charge in [0, 0.05) is 6.61 Å². The van der Waals surface area contributed by atoms with Crippen molar-refractivity contribution in [3.8, 4) is 0 Å². The molecule has 0 spiro atoms. The third kappa shape index (κ3) is 6.76. The van der Waals surface area contributed by atoms with Crippen LogP contribution >= 0.6 is 22.2 Å². The maximum absolute atomic E-state index is 8.33. The van der Waals surface area contributed by atoms with Crippen LogP contribution in [-0.4, -0.2) is 18.4 Å². The molecule has 1 nitrogen and oxygen atoms in total. The third-order valence-corrected chi connectivity index (χ3v) is 3.14. The number of halogens is 2. The normalized spacial score (nSPS) is 12.0. The lowest BCUT2D eigenvalue weighted by Gasteiger charge is -2.06. The smallest absolute Gasteiger partial charge is 0.248 e. The van der Waals surface area contributed by atoms with Gasteiger partial charge in [-0.25, -0.2) is 0 Å². The molecule has 0 radical (unpaired) electrons. The summed E-state index contributed by atoms with van der Waals surface area (Å²) in [5.41, 5.74) is 0. The molecule has 0 atom stereocenters. The lowest BCUT2D eigenvalue weighted by molar-refractivity contribution is 0.294. The van der Waals surface area contributed by atoms with Crippen LogP contribution in [0.4, 0.5) is 0 Å². The minimum atomic E-state index is -1.89. The van der Waals surface area contributed by atoms with Gasteiger partial charge in [-0.05, 0) is 19.0 Å². The van der Waals surface area contributed by atoms with Crippen LogP contribution in [0.3, 0.4) is 0 Å². The van der Waals surface area contributed by atoms with E-state index in [1.807, 2.05) is 6.55 Å². The average Bonchev–Trinajstić information content (AvgIpc) is 1.59. The molecular formula is C4H10Cl2OSi. The first-order valence-electron chi connectivity index (χ1n) is 2.55. The topological polar surface area (TPSA) is 20.2 Å². The van der Waals surface area contributed by atoms with Crippen molar-refractivity contribution in [2.75, 3.05) is 6.61 Å². The fourth-order valence-electron chi connectivity index (χ4n) is 0.389. The number of hydrogen-bond acceptors (Lipinski definition) is 1. The summed E-state index contributed by atoms with van der Waals surface area (Å²) < 4.78 is 0. The lowest BCUT2D eigenvalue weighted by Crippen LogP contribution is -2.12. The molecule has 0 saturated carbocycles. The van der Waals surface area contributed by atoms with E-state index in [-0.39, 0.29) is 6.61 Å². The van der Waals surface area contributed by atoms with E-state index in [1.54, 1.807) is 0 Å². The predicted molar refractivity (Wildman–Crippen MR) is 39.8 cm³/mol. The fraction of sp³-hybridized carbons (Fsp3) is 1.00. The van der Waals surface area contributed by atoms with Gasteiger partial charge in [0.25, 0.3) is 0 Å². The van der Waals surface area contributed by atoms with Crippen molar-refractivity contribution in [3.63, 3.8) is 0 Å². The van der Waals surface area contributed by atoms with Crippen LogP contribution < -0.4 is 0 Å². The highest BCUT2D eigenvalue weighted by molar-refractivity contribution is 7.44. The molecule has 4 heteroatoms.